The van der Waals surface area contributed by atoms with E-state index < -0.39 is 82.9 Å². The van der Waals surface area contributed by atoms with Crippen molar-refractivity contribution in [2.24, 2.45) is 41.4 Å². The van der Waals surface area contributed by atoms with Crippen LogP contribution < -0.4 is 0 Å². The Morgan fingerprint density at radius 2 is 1.60 bits per heavy atom. The molecule has 9 heteroatoms. The number of nitrogens with one attached hydrogen (secondary N) is 1. The van der Waals surface area contributed by atoms with Crippen LogP contribution >= 0.6 is 0 Å². The van der Waals surface area contributed by atoms with Crippen LogP contribution in [0.2, 0.25) is 0 Å². The fourth-order valence-corrected chi connectivity index (χ4v) is 7.65. The van der Waals surface area contributed by atoms with E-state index in [9.17, 15) is 25.2 Å². The van der Waals surface area contributed by atoms with Crippen LogP contribution in [0.4, 0.5) is 0 Å². The number of methoxy groups -OCH3 is 1. The van der Waals surface area contributed by atoms with Crippen molar-refractivity contribution in [2.45, 2.75) is 149 Å². The molecule has 0 aliphatic carbocycles. The van der Waals surface area contributed by atoms with Crippen molar-refractivity contribution in [1.29, 1.82) is 5.41 Å². The van der Waals surface area contributed by atoms with Crippen LogP contribution in [0.3, 0.4) is 0 Å². The molecule has 0 saturated carbocycles. The summed E-state index contributed by atoms with van der Waals surface area (Å²) in [4.78, 5) is 13.8. The van der Waals surface area contributed by atoms with Crippen LogP contribution in [-0.2, 0) is 19.0 Å². The van der Waals surface area contributed by atoms with Gasteiger partial charge in [0, 0.05) is 42.9 Å². The summed E-state index contributed by atoms with van der Waals surface area (Å²) in [5, 5.41) is 54.2. The molecule has 2 unspecified atom stereocenters. The molecule has 2 aliphatic heterocycles. The standard InChI is InChI=1S/C33H61NO8/c1-13-24-18(3)28(35)20(5)27(34)23(14-31(8,9)38)15-32(10,39)21(6)17(2)26(19(4)30(37)42-24)25-16-33(11,40-12)29(36)22(7)41-25/h17-26,28-29,34-36,38-39H,13-16H2,1-12H3/t17-,18?,19-,20+,21-,22+,23-,24-,25?,26+,28+,29+,32-,33-/m1/s1. The molecule has 2 aliphatic rings. The van der Waals surface area contributed by atoms with Crippen molar-refractivity contribution in [3.63, 3.8) is 0 Å². The smallest absolute Gasteiger partial charge is 0.309 e. The van der Waals surface area contributed by atoms with Crippen LogP contribution in [0.15, 0.2) is 0 Å². The van der Waals surface area contributed by atoms with Crippen LogP contribution in [0.25, 0.3) is 0 Å². The third-order valence-corrected chi connectivity index (χ3v) is 10.9. The first-order valence-electron chi connectivity index (χ1n) is 15.9. The average Bonchev–Trinajstić information content (AvgIpc) is 2.90. The van der Waals surface area contributed by atoms with Gasteiger partial charge in [0.1, 0.15) is 12.2 Å². The molecular weight excluding hydrogens is 538 g/mol. The summed E-state index contributed by atoms with van der Waals surface area (Å²) in [6.45, 7) is 20.2. The number of aliphatic hydroxyl groups excluding tert-OH is 2. The van der Waals surface area contributed by atoms with E-state index in [1.165, 1.54) is 0 Å². The Hall–Kier alpha value is -1.10. The third-order valence-electron chi connectivity index (χ3n) is 10.9. The maximum Gasteiger partial charge on any atom is 0.309 e. The van der Waals surface area contributed by atoms with Gasteiger partial charge in [-0.1, -0.05) is 41.5 Å². The summed E-state index contributed by atoms with van der Waals surface area (Å²) in [6, 6.07) is 0. The molecule has 0 spiro atoms. The molecule has 2 heterocycles. The molecule has 0 amide bonds. The summed E-state index contributed by atoms with van der Waals surface area (Å²) in [6.07, 6.45) is -2.05. The predicted molar refractivity (Wildman–Crippen MR) is 163 cm³/mol. The van der Waals surface area contributed by atoms with Crippen molar-refractivity contribution < 1.29 is 39.4 Å². The minimum atomic E-state index is -1.28. The predicted octanol–water partition coefficient (Wildman–Crippen LogP) is 4.36. The summed E-state index contributed by atoms with van der Waals surface area (Å²) in [5.74, 6) is -3.48. The molecule has 14 atom stereocenters. The molecular formula is C33H61NO8. The Labute approximate surface area is 254 Å². The van der Waals surface area contributed by atoms with Crippen LogP contribution in [0, 0.1) is 46.8 Å². The van der Waals surface area contributed by atoms with Crippen LogP contribution in [0.1, 0.15) is 102 Å². The van der Waals surface area contributed by atoms with Crippen molar-refractivity contribution in [3.05, 3.63) is 0 Å². The summed E-state index contributed by atoms with van der Waals surface area (Å²) < 4.78 is 18.3. The molecule has 0 bridgehead atoms. The maximum absolute atomic E-state index is 13.8. The summed E-state index contributed by atoms with van der Waals surface area (Å²) in [5.41, 5.74) is -2.97. The highest BCUT2D eigenvalue weighted by atomic mass is 16.6. The van der Waals surface area contributed by atoms with Crippen LogP contribution in [0.5, 0.6) is 0 Å². The van der Waals surface area contributed by atoms with Crippen molar-refractivity contribution in [3.8, 4) is 0 Å². The Bertz CT molecular complexity index is 918. The average molecular weight is 600 g/mol. The lowest BCUT2D eigenvalue weighted by Crippen LogP contribution is -2.59. The largest absolute Gasteiger partial charge is 0.462 e. The van der Waals surface area contributed by atoms with Crippen molar-refractivity contribution >= 4 is 11.7 Å². The highest BCUT2D eigenvalue weighted by Gasteiger charge is 2.52. The number of cyclic esters (lactones) is 1. The fraction of sp³-hybridized carbons (Fsp3) is 0.939. The van der Waals surface area contributed by atoms with E-state index in [2.05, 4.69) is 0 Å². The number of ether oxygens (including phenoxy) is 3. The minimum Gasteiger partial charge on any atom is -0.462 e. The number of hydrogen-bond acceptors (Lipinski definition) is 9. The number of esters is 1. The van der Waals surface area contributed by atoms with Gasteiger partial charge in [0.25, 0.3) is 0 Å². The molecule has 2 rings (SSSR count). The van der Waals surface area contributed by atoms with Gasteiger partial charge in [-0.3, -0.25) is 4.79 Å². The minimum absolute atomic E-state index is 0.214. The molecule has 0 radical (unpaired) electrons. The molecule has 246 valence electrons. The number of aliphatic hydroxyl groups is 4. The molecule has 2 saturated heterocycles. The second-order valence-electron chi connectivity index (χ2n) is 14.8. The summed E-state index contributed by atoms with van der Waals surface area (Å²) in [7, 11) is 1.57. The first-order valence-corrected chi connectivity index (χ1v) is 15.9. The number of rotatable bonds is 5. The Kier molecular flexibility index (Phi) is 12.3. The van der Waals surface area contributed by atoms with Gasteiger partial charge < -0.3 is 40.0 Å². The molecule has 2 fully saturated rings. The van der Waals surface area contributed by atoms with Crippen molar-refractivity contribution in [2.75, 3.05) is 7.11 Å². The Morgan fingerprint density at radius 3 is 2.10 bits per heavy atom. The second-order valence-corrected chi connectivity index (χ2v) is 14.8. The topological polar surface area (TPSA) is 150 Å². The van der Waals surface area contributed by atoms with Gasteiger partial charge in [-0.25, -0.2) is 0 Å². The fourth-order valence-electron chi connectivity index (χ4n) is 7.65. The van der Waals surface area contributed by atoms with Gasteiger partial charge in [0.05, 0.1) is 41.0 Å². The molecule has 0 aromatic carbocycles. The zero-order chi connectivity index (χ0) is 32.5. The van der Waals surface area contributed by atoms with E-state index in [0.717, 1.165) is 0 Å². The summed E-state index contributed by atoms with van der Waals surface area (Å²) >= 11 is 0. The molecule has 5 N–H and O–H groups in total. The van der Waals surface area contributed by atoms with E-state index in [4.69, 9.17) is 19.6 Å². The number of hydrogen-bond donors (Lipinski definition) is 5. The Balaban J connectivity index is 2.67. The number of carbonyl (C=O) groups is 1. The molecule has 0 aromatic rings. The highest BCUT2D eigenvalue weighted by Crippen LogP contribution is 2.45. The normalized spacial score (nSPS) is 47.0. The lowest BCUT2D eigenvalue weighted by molar-refractivity contribution is -0.235. The van der Waals surface area contributed by atoms with Gasteiger partial charge >= 0.3 is 5.97 Å². The third kappa shape index (κ3) is 8.13. The quantitative estimate of drug-likeness (QED) is 0.293. The first-order chi connectivity index (χ1) is 19.1. The van der Waals surface area contributed by atoms with Gasteiger partial charge in [-0.2, -0.15) is 0 Å². The first kappa shape index (κ1) is 37.1. The lowest BCUT2D eigenvalue weighted by atomic mass is 9.64. The van der Waals surface area contributed by atoms with Crippen molar-refractivity contribution in [1.82, 2.24) is 0 Å². The van der Waals surface area contributed by atoms with Gasteiger partial charge in [-0.05, 0) is 65.7 Å². The highest BCUT2D eigenvalue weighted by molar-refractivity contribution is 5.86. The molecule has 9 nitrogen and oxygen atoms in total. The lowest BCUT2D eigenvalue weighted by Gasteiger charge is -2.50. The molecule has 0 aromatic heterocycles. The molecule has 42 heavy (non-hydrogen) atoms. The zero-order valence-electron chi connectivity index (χ0n) is 28.2. The monoisotopic (exact) mass is 599 g/mol. The van der Waals surface area contributed by atoms with Gasteiger partial charge in [0.2, 0.25) is 0 Å². The van der Waals surface area contributed by atoms with Crippen LogP contribution in [-0.4, -0.2) is 86.5 Å². The van der Waals surface area contributed by atoms with E-state index in [1.54, 1.807) is 41.7 Å². The zero-order valence-corrected chi connectivity index (χ0v) is 28.2. The SMILES string of the molecule is CC[C@H]1OC(=O)[C@H](C)[C@@H](C2C[C@@](C)(OC)[C@@H](O)[C@H](C)O2)[C@H](C)[C@@H](C)[C@](C)(O)C[C@@H](CC(C)(C)O)C(=N)[C@H](C)[C@@H](O)C1C. The maximum atomic E-state index is 13.8. The van der Waals surface area contributed by atoms with Gasteiger partial charge in [0.15, 0.2) is 0 Å². The van der Waals surface area contributed by atoms with E-state index >= 15 is 0 Å². The van der Waals surface area contributed by atoms with E-state index in [-0.39, 0.29) is 30.4 Å². The van der Waals surface area contributed by atoms with E-state index in [1.807, 2.05) is 41.5 Å². The Morgan fingerprint density at radius 1 is 1.02 bits per heavy atom. The van der Waals surface area contributed by atoms with E-state index in [0.29, 0.717) is 12.8 Å². The van der Waals surface area contributed by atoms with Gasteiger partial charge in [-0.15, -0.1) is 0 Å². The second kappa shape index (κ2) is 13.9. The number of carbonyl (C=O) groups excluding carboxylic acids is 1.